The minimum absolute atomic E-state index is 0.269. The average molecular weight is 363 g/mol. The van der Waals surface area contributed by atoms with Gasteiger partial charge in [0.1, 0.15) is 0 Å². The molecule has 2 aromatic carbocycles. The smallest absolute Gasteiger partial charge is 0.316 e. The Bertz CT molecular complexity index is 807. The second-order valence-corrected chi connectivity index (χ2v) is 6.55. The molecule has 1 fully saturated rings. The highest BCUT2D eigenvalue weighted by Crippen LogP contribution is 2.25. The predicted octanol–water partition coefficient (Wildman–Crippen LogP) is 3.68. The molecule has 6 heteroatoms. The van der Waals surface area contributed by atoms with Crippen molar-refractivity contribution in [3.8, 4) is 0 Å². The first kappa shape index (κ1) is 16.8. The van der Waals surface area contributed by atoms with Crippen LogP contribution in [0.15, 0.2) is 42.5 Å². The molecule has 24 heavy (non-hydrogen) atoms. The number of hydrogen-bond acceptors (Lipinski definition) is 2. The summed E-state index contributed by atoms with van der Waals surface area (Å²) in [5.41, 5.74) is 2.47. The predicted molar refractivity (Wildman–Crippen MR) is 95.4 cm³/mol. The number of carbonyl (C=O) groups excluding carboxylic acids is 2. The molecule has 1 aliphatic rings. The molecule has 0 saturated carbocycles. The van der Waals surface area contributed by atoms with Gasteiger partial charge in [-0.15, -0.1) is 0 Å². The van der Waals surface area contributed by atoms with E-state index in [1.807, 2.05) is 31.2 Å². The van der Waals surface area contributed by atoms with E-state index in [2.05, 4.69) is 0 Å². The third-order valence-electron chi connectivity index (χ3n) is 4.08. The standard InChI is InChI=1S/C18H16Cl2N2O2/c1-12-4-2-3-5-16(12)22-9-8-21(17(23)18(22)24)11-13-10-14(19)6-7-15(13)20/h2-7,10H,8-9,11H2,1H3. The molecule has 3 rings (SSSR count). The van der Waals surface area contributed by atoms with E-state index in [1.165, 1.54) is 9.80 Å². The van der Waals surface area contributed by atoms with Crippen LogP contribution < -0.4 is 4.90 Å². The molecule has 1 heterocycles. The van der Waals surface area contributed by atoms with Crippen LogP contribution in [-0.4, -0.2) is 29.8 Å². The van der Waals surface area contributed by atoms with Gasteiger partial charge in [-0.3, -0.25) is 9.59 Å². The number of anilines is 1. The van der Waals surface area contributed by atoms with E-state index in [1.54, 1.807) is 18.2 Å². The van der Waals surface area contributed by atoms with E-state index in [0.29, 0.717) is 23.1 Å². The van der Waals surface area contributed by atoms with Crippen LogP contribution in [-0.2, 0) is 16.1 Å². The van der Waals surface area contributed by atoms with E-state index in [4.69, 9.17) is 23.2 Å². The van der Waals surface area contributed by atoms with Gasteiger partial charge in [0.2, 0.25) is 0 Å². The fourth-order valence-corrected chi connectivity index (χ4v) is 3.16. The maximum Gasteiger partial charge on any atom is 0.316 e. The first-order chi connectivity index (χ1) is 11.5. The highest BCUT2D eigenvalue weighted by Gasteiger charge is 2.34. The van der Waals surface area contributed by atoms with Crippen molar-refractivity contribution in [1.29, 1.82) is 0 Å². The topological polar surface area (TPSA) is 40.6 Å². The molecule has 0 N–H and O–H groups in total. The van der Waals surface area contributed by atoms with Crippen LogP contribution >= 0.6 is 23.2 Å². The number of carbonyl (C=O) groups is 2. The summed E-state index contributed by atoms with van der Waals surface area (Å²) < 4.78 is 0. The van der Waals surface area contributed by atoms with E-state index < -0.39 is 11.8 Å². The van der Waals surface area contributed by atoms with Crippen LogP contribution in [0.25, 0.3) is 0 Å². The van der Waals surface area contributed by atoms with Gasteiger partial charge >= 0.3 is 11.8 Å². The van der Waals surface area contributed by atoms with Crippen molar-refractivity contribution < 1.29 is 9.59 Å². The summed E-state index contributed by atoms with van der Waals surface area (Å²) in [6.07, 6.45) is 0. The Balaban J connectivity index is 1.79. The Kier molecular flexibility index (Phi) is 4.78. The second kappa shape index (κ2) is 6.83. The zero-order chi connectivity index (χ0) is 17.3. The number of piperazine rings is 1. The molecule has 2 aromatic rings. The second-order valence-electron chi connectivity index (χ2n) is 5.71. The SMILES string of the molecule is Cc1ccccc1N1CCN(Cc2cc(Cl)ccc2Cl)C(=O)C1=O. The minimum atomic E-state index is -0.527. The number of para-hydroxylation sites is 1. The van der Waals surface area contributed by atoms with E-state index in [9.17, 15) is 9.59 Å². The maximum absolute atomic E-state index is 12.5. The maximum atomic E-state index is 12.5. The molecule has 0 atom stereocenters. The lowest BCUT2D eigenvalue weighted by molar-refractivity contribution is -0.146. The Labute approximate surface area is 150 Å². The number of hydrogen-bond donors (Lipinski definition) is 0. The summed E-state index contributed by atoms with van der Waals surface area (Å²) >= 11 is 12.1. The minimum Gasteiger partial charge on any atom is -0.328 e. The quantitative estimate of drug-likeness (QED) is 0.781. The molecule has 1 aliphatic heterocycles. The summed E-state index contributed by atoms with van der Waals surface area (Å²) in [4.78, 5) is 28.0. The van der Waals surface area contributed by atoms with E-state index in [-0.39, 0.29) is 6.54 Å². The monoisotopic (exact) mass is 362 g/mol. The van der Waals surface area contributed by atoms with Crippen LogP contribution in [0.3, 0.4) is 0 Å². The van der Waals surface area contributed by atoms with Crippen LogP contribution in [0.2, 0.25) is 10.0 Å². The van der Waals surface area contributed by atoms with Crippen LogP contribution in [0.4, 0.5) is 5.69 Å². The van der Waals surface area contributed by atoms with E-state index >= 15 is 0 Å². The zero-order valence-electron chi connectivity index (χ0n) is 13.1. The Morgan fingerprint density at radius 1 is 1.00 bits per heavy atom. The average Bonchev–Trinajstić information content (AvgIpc) is 2.56. The molecule has 124 valence electrons. The number of rotatable bonds is 3. The van der Waals surface area contributed by atoms with Gasteiger partial charge in [-0.25, -0.2) is 0 Å². The van der Waals surface area contributed by atoms with Crippen molar-refractivity contribution in [2.24, 2.45) is 0 Å². The van der Waals surface area contributed by atoms with Gasteiger partial charge in [-0.2, -0.15) is 0 Å². The fraction of sp³-hybridized carbons (Fsp3) is 0.222. The Morgan fingerprint density at radius 3 is 2.50 bits per heavy atom. The lowest BCUT2D eigenvalue weighted by atomic mass is 10.1. The van der Waals surface area contributed by atoms with Crippen molar-refractivity contribution in [3.63, 3.8) is 0 Å². The normalized spacial score (nSPS) is 15.1. The third-order valence-corrected chi connectivity index (χ3v) is 4.69. The number of nitrogens with zero attached hydrogens (tertiary/aromatic N) is 2. The van der Waals surface area contributed by atoms with Crippen molar-refractivity contribution in [3.05, 3.63) is 63.6 Å². The molecule has 4 nitrogen and oxygen atoms in total. The molecule has 0 bridgehead atoms. The number of amides is 2. The van der Waals surface area contributed by atoms with Gasteiger partial charge in [-0.05, 0) is 42.3 Å². The Morgan fingerprint density at radius 2 is 1.75 bits per heavy atom. The van der Waals surface area contributed by atoms with Crippen molar-refractivity contribution in [2.45, 2.75) is 13.5 Å². The van der Waals surface area contributed by atoms with Gasteiger partial charge < -0.3 is 9.80 Å². The van der Waals surface area contributed by atoms with Gasteiger partial charge in [0.25, 0.3) is 0 Å². The molecule has 2 amide bonds. The molecule has 0 unspecified atom stereocenters. The number of aryl methyl sites for hydroxylation is 1. The summed E-state index contributed by atoms with van der Waals surface area (Å²) in [6.45, 7) is 3.09. The third kappa shape index (κ3) is 3.25. The first-order valence-electron chi connectivity index (χ1n) is 7.57. The van der Waals surface area contributed by atoms with E-state index in [0.717, 1.165) is 16.8 Å². The summed E-state index contributed by atoms with van der Waals surface area (Å²) in [6, 6.07) is 12.6. The molecule has 0 spiro atoms. The van der Waals surface area contributed by atoms with Gasteiger partial charge in [-0.1, -0.05) is 41.4 Å². The lowest BCUT2D eigenvalue weighted by Crippen LogP contribution is -2.54. The summed E-state index contributed by atoms with van der Waals surface area (Å²) in [5.74, 6) is -1.05. The van der Waals surface area contributed by atoms with Crippen LogP contribution in [0, 0.1) is 6.92 Å². The van der Waals surface area contributed by atoms with Crippen LogP contribution in [0.1, 0.15) is 11.1 Å². The van der Waals surface area contributed by atoms with Gasteiger partial charge in [0.15, 0.2) is 0 Å². The lowest BCUT2D eigenvalue weighted by Gasteiger charge is -2.34. The van der Waals surface area contributed by atoms with Crippen molar-refractivity contribution in [1.82, 2.24) is 4.90 Å². The highest BCUT2D eigenvalue weighted by molar-refractivity contribution is 6.41. The zero-order valence-corrected chi connectivity index (χ0v) is 14.6. The van der Waals surface area contributed by atoms with Crippen LogP contribution in [0.5, 0.6) is 0 Å². The van der Waals surface area contributed by atoms with Crippen molar-refractivity contribution >= 4 is 40.7 Å². The van der Waals surface area contributed by atoms with Crippen molar-refractivity contribution in [2.75, 3.05) is 18.0 Å². The molecule has 0 radical (unpaired) electrons. The summed E-state index contributed by atoms with van der Waals surface area (Å²) in [5, 5.41) is 1.08. The number of benzene rings is 2. The fourth-order valence-electron chi connectivity index (χ4n) is 2.79. The molecule has 0 aliphatic carbocycles. The number of halogens is 2. The molecule has 0 aromatic heterocycles. The summed E-state index contributed by atoms with van der Waals surface area (Å²) in [7, 11) is 0. The molecule has 1 saturated heterocycles. The van der Waals surface area contributed by atoms with Gasteiger partial charge in [0, 0.05) is 35.4 Å². The highest BCUT2D eigenvalue weighted by atomic mass is 35.5. The molecular weight excluding hydrogens is 347 g/mol. The largest absolute Gasteiger partial charge is 0.328 e. The molecular formula is C18H16Cl2N2O2. The first-order valence-corrected chi connectivity index (χ1v) is 8.33. The Hall–Kier alpha value is -2.04. The van der Waals surface area contributed by atoms with Gasteiger partial charge in [0.05, 0.1) is 0 Å².